The minimum Gasteiger partial charge on any atom is -0.487 e. The fraction of sp³-hybridized carbons (Fsp3) is 0.632. The third-order valence-electron chi connectivity index (χ3n) is 5.07. The van der Waals surface area contributed by atoms with Gasteiger partial charge in [-0.25, -0.2) is 8.42 Å². The second kappa shape index (κ2) is 8.14. The minimum atomic E-state index is -2.97. The summed E-state index contributed by atoms with van der Waals surface area (Å²) in [5.74, 6) is 1.83. The van der Waals surface area contributed by atoms with Gasteiger partial charge in [0.05, 0.1) is 11.8 Å². The predicted molar refractivity (Wildman–Crippen MR) is 120 cm³/mol. The first-order valence-corrected chi connectivity index (χ1v) is 11.1. The second-order valence-electron chi connectivity index (χ2n) is 8.30. The third-order valence-corrected chi connectivity index (χ3v) is 6.20. The van der Waals surface area contributed by atoms with Crippen LogP contribution in [0.25, 0.3) is 0 Å². The van der Waals surface area contributed by atoms with Gasteiger partial charge in [-0.15, -0.1) is 24.0 Å². The van der Waals surface area contributed by atoms with Crippen LogP contribution in [0.4, 0.5) is 0 Å². The lowest BCUT2D eigenvalue weighted by atomic mass is 9.90. The lowest BCUT2D eigenvalue weighted by Gasteiger charge is -2.38. The van der Waals surface area contributed by atoms with Crippen molar-refractivity contribution in [2.45, 2.75) is 44.8 Å². The number of fused-ring (bicyclic) bond motifs is 1. The highest BCUT2D eigenvalue weighted by Gasteiger charge is 2.45. The molecule has 1 aromatic carbocycles. The van der Waals surface area contributed by atoms with Crippen molar-refractivity contribution in [3.63, 3.8) is 0 Å². The summed E-state index contributed by atoms with van der Waals surface area (Å²) >= 11 is 0. The summed E-state index contributed by atoms with van der Waals surface area (Å²) in [7, 11) is -1.24. The quantitative estimate of drug-likeness (QED) is 0.364. The van der Waals surface area contributed by atoms with Crippen LogP contribution in [0.15, 0.2) is 29.3 Å². The maximum atomic E-state index is 11.6. The first kappa shape index (κ1) is 22.3. The standard InChI is InChI=1S/C19H29N3O3S.HI/c1-18(2)11-15(14-7-5-6-8-16(14)25-18)22-17(20-3)21-12-19(9-10-19)13-26(4,23)24;/h5-8,15H,9-13H2,1-4H3,(H2,20,21,22);1H. The Balaban J connectivity index is 0.00000261. The molecule has 3 rings (SSSR count). The van der Waals surface area contributed by atoms with Crippen LogP contribution in [-0.4, -0.2) is 45.6 Å². The molecule has 1 atom stereocenters. The van der Waals surface area contributed by atoms with Gasteiger partial charge < -0.3 is 15.4 Å². The van der Waals surface area contributed by atoms with Gasteiger partial charge in [-0.1, -0.05) is 18.2 Å². The lowest BCUT2D eigenvalue weighted by Crippen LogP contribution is -2.46. The molecule has 1 aliphatic carbocycles. The molecule has 1 saturated carbocycles. The zero-order chi connectivity index (χ0) is 19.0. The van der Waals surface area contributed by atoms with Crippen molar-refractivity contribution >= 4 is 39.8 Å². The highest BCUT2D eigenvalue weighted by molar-refractivity contribution is 14.0. The van der Waals surface area contributed by atoms with E-state index in [2.05, 4.69) is 35.5 Å². The molecule has 1 aromatic rings. The van der Waals surface area contributed by atoms with E-state index >= 15 is 0 Å². The molecule has 0 radical (unpaired) electrons. The molecule has 2 aliphatic rings. The van der Waals surface area contributed by atoms with Gasteiger partial charge in [0.25, 0.3) is 0 Å². The van der Waals surface area contributed by atoms with Crippen molar-refractivity contribution in [1.29, 1.82) is 0 Å². The largest absolute Gasteiger partial charge is 0.487 e. The van der Waals surface area contributed by atoms with Crippen LogP contribution in [0.5, 0.6) is 5.75 Å². The Bertz CT molecular complexity index is 804. The van der Waals surface area contributed by atoms with Gasteiger partial charge in [0.1, 0.15) is 21.2 Å². The number of hydrogen-bond acceptors (Lipinski definition) is 4. The van der Waals surface area contributed by atoms with Crippen molar-refractivity contribution in [2.75, 3.05) is 25.6 Å². The number of nitrogens with zero attached hydrogens (tertiary/aromatic N) is 1. The average Bonchev–Trinajstić information content (AvgIpc) is 3.28. The Morgan fingerprint density at radius 3 is 2.56 bits per heavy atom. The predicted octanol–water partition coefficient (Wildman–Crippen LogP) is 2.90. The van der Waals surface area contributed by atoms with E-state index in [0.29, 0.717) is 12.5 Å². The topological polar surface area (TPSA) is 79.8 Å². The molecule has 1 aliphatic heterocycles. The fourth-order valence-electron chi connectivity index (χ4n) is 3.67. The number of hydrogen-bond donors (Lipinski definition) is 2. The molecule has 1 fully saturated rings. The number of aliphatic imine (C=N–C) groups is 1. The Kier molecular flexibility index (Phi) is 6.72. The van der Waals surface area contributed by atoms with Crippen LogP contribution in [0, 0.1) is 5.41 Å². The molecule has 0 saturated heterocycles. The summed E-state index contributed by atoms with van der Waals surface area (Å²) in [6.45, 7) is 4.78. The average molecular weight is 507 g/mol. The van der Waals surface area contributed by atoms with Crippen LogP contribution >= 0.6 is 24.0 Å². The first-order chi connectivity index (χ1) is 12.1. The minimum absolute atomic E-state index is 0. The number of benzene rings is 1. The van der Waals surface area contributed by atoms with Gasteiger partial charge in [-0.3, -0.25) is 4.99 Å². The number of halogens is 1. The summed E-state index contributed by atoms with van der Waals surface area (Å²) in [6, 6.07) is 8.14. The van der Waals surface area contributed by atoms with Gasteiger partial charge in [0.15, 0.2) is 5.96 Å². The number of guanidine groups is 1. The molecule has 152 valence electrons. The number of sulfone groups is 1. The molecule has 2 N–H and O–H groups in total. The normalized spacial score (nSPS) is 22.7. The number of ether oxygens (including phenoxy) is 1. The third kappa shape index (κ3) is 5.97. The Hall–Kier alpha value is -1.03. The van der Waals surface area contributed by atoms with E-state index in [9.17, 15) is 8.42 Å². The van der Waals surface area contributed by atoms with Gasteiger partial charge in [-0.05, 0) is 32.8 Å². The van der Waals surface area contributed by atoms with E-state index < -0.39 is 9.84 Å². The van der Waals surface area contributed by atoms with Crippen molar-refractivity contribution in [2.24, 2.45) is 10.4 Å². The molecule has 6 nitrogen and oxygen atoms in total. The van der Waals surface area contributed by atoms with Crippen LogP contribution in [0.1, 0.15) is 44.7 Å². The molecule has 0 bridgehead atoms. The Morgan fingerprint density at radius 2 is 1.96 bits per heavy atom. The van der Waals surface area contributed by atoms with E-state index in [1.165, 1.54) is 6.26 Å². The summed E-state index contributed by atoms with van der Waals surface area (Å²) in [6.07, 6.45) is 4.01. The van der Waals surface area contributed by atoms with Crippen molar-refractivity contribution < 1.29 is 13.2 Å². The summed E-state index contributed by atoms with van der Waals surface area (Å²) < 4.78 is 29.4. The van der Waals surface area contributed by atoms with E-state index in [-0.39, 0.29) is 46.8 Å². The smallest absolute Gasteiger partial charge is 0.191 e. The molecule has 1 unspecified atom stereocenters. The van der Waals surface area contributed by atoms with Gasteiger partial charge in [0.2, 0.25) is 0 Å². The van der Waals surface area contributed by atoms with Crippen LogP contribution in [0.3, 0.4) is 0 Å². The Labute approximate surface area is 179 Å². The van der Waals surface area contributed by atoms with Crippen LogP contribution in [0.2, 0.25) is 0 Å². The van der Waals surface area contributed by atoms with Crippen molar-refractivity contribution in [1.82, 2.24) is 10.6 Å². The highest BCUT2D eigenvalue weighted by Crippen LogP contribution is 2.46. The maximum Gasteiger partial charge on any atom is 0.191 e. The van der Waals surface area contributed by atoms with Gasteiger partial charge >= 0.3 is 0 Å². The van der Waals surface area contributed by atoms with Crippen LogP contribution in [-0.2, 0) is 9.84 Å². The molecule has 0 spiro atoms. The fourth-order valence-corrected chi connectivity index (χ4v) is 5.17. The van der Waals surface area contributed by atoms with Gasteiger partial charge in [-0.2, -0.15) is 0 Å². The van der Waals surface area contributed by atoms with Crippen molar-refractivity contribution in [3.05, 3.63) is 29.8 Å². The molecule has 0 aromatic heterocycles. The number of rotatable bonds is 5. The van der Waals surface area contributed by atoms with E-state index in [1.807, 2.05) is 18.2 Å². The highest BCUT2D eigenvalue weighted by atomic mass is 127. The SMILES string of the molecule is CN=C(NCC1(CS(C)(=O)=O)CC1)NC1CC(C)(C)Oc2ccccc21.I. The van der Waals surface area contributed by atoms with E-state index in [0.717, 1.165) is 30.6 Å². The molecular formula is C19H30IN3O3S. The first-order valence-electron chi connectivity index (χ1n) is 9.04. The molecule has 1 heterocycles. The second-order valence-corrected chi connectivity index (χ2v) is 10.4. The van der Waals surface area contributed by atoms with Crippen molar-refractivity contribution in [3.8, 4) is 5.75 Å². The zero-order valence-electron chi connectivity index (χ0n) is 16.4. The van der Waals surface area contributed by atoms with E-state index in [4.69, 9.17) is 4.74 Å². The molecular weight excluding hydrogens is 477 g/mol. The zero-order valence-corrected chi connectivity index (χ0v) is 19.6. The Morgan fingerprint density at radius 1 is 1.30 bits per heavy atom. The number of nitrogens with one attached hydrogen (secondary N) is 2. The van der Waals surface area contributed by atoms with Crippen LogP contribution < -0.4 is 15.4 Å². The molecule has 0 amide bonds. The van der Waals surface area contributed by atoms with Gasteiger partial charge in [0, 0.05) is 37.2 Å². The van der Waals surface area contributed by atoms with E-state index in [1.54, 1.807) is 7.05 Å². The summed E-state index contributed by atoms with van der Waals surface area (Å²) in [5.41, 5.74) is 0.712. The molecule has 8 heteroatoms. The summed E-state index contributed by atoms with van der Waals surface area (Å²) in [4.78, 5) is 4.33. The monoisotopic (exact) mass is 507 g/mol. The number of para-hydroxylation sites is 1. The lowest BCUT2D eigenvalue weighted by molar-refractivity contribution is 0.0694. The maximum absolute atomic E-state index is 11.6. The molecule has 27 heavy (non-hydrogen) atoms. The summed E-state index contributed by atoms with van der Waals surface area (Å²) in [5, 5.41) is 6.82.